The maximum atomic E-state index is 6.16. The number of piperidine rings is 1. The molecule has 3 rings (SSSR count). The highest BCUT2D eigenvalue weighted by Gasteiger charge is 2.27. The summed E-state index contributed by atoms with van der Waals surface area (Å²) in [5.74, 6) is 2.25. The number of likely N-dealkylation sites (tertiary alicyclic amines) is 1. The Labute approximate surface area is 183 Å². The van der Waals surface area contributed by atoms with Crippen LogP contribution in [0.4, 0.5) is 0 Å². The van der Waals surface area contributed by atoms with Gasteiger partial charge in [-0.1, -0.05) is 36.8 Å². The molecule has 2 saturated heterocycles. The van der Waals surface area contributed by atoms with Gasteiger partial charge in [-0.05, 0) is 70.0 Å². The van der Waals surface area contributed by atoms with Crippen LogP contribution in [0.15, 0.2) is 29.3 Å². The van der Waals surface area contributed by atoms with Crippen LogP contribution in [0.25, 0.3) is 0 Å². The van der Waals surface area contributed by atoms with Crippen molar-refractivity contribution in [3.63, 3.8) is 0 Å². The number of hydrogen-bond donors (Lipinski definition) is 2. The molecule has 3 atom stereocenters. The zero-order chi connectivity index (χ0) is 21.2. The first-order valence-electron chi connectivity index (χ1n) is 12.0. The molecule has 2 fully saturated rings. The fourth-order valence-corrected chi connectivity index (χ4v) is 4.78. The lowest BCUT2D eigenvalue weighted by Gasteiger charge is -2.32. The third-order valence-corrected chi connectivity index (χ3v) is 6.54. The smallest absolute Gasteiger partial charge is 0.190 e. The van der Waals surface area contributed by atoms with E-state index in [2.05, 4.69) is 58.6 Å². The summed E-state index contributed by atoms with van der Waals surface area (Å²) in [6.07, 6.45) is 7.71. The number of hydrogen-bond acceptors (Lipinski definition) is 3. The van der Waals surface area contributed by atoms with E-state index in [1.54, 1.807) is 0 Å². The van der Waals surface area contributed by atoms with Crippen LogP contribution in [0, 0.1) is 18.8 Å². The second kappa shape index (κ2) is 12.3. The summed E-state index contributed by atoms with van der Waals surface area (Å²) in [5.41, 5.74) is 2.59. The van der Waals surface area contributed by atoms with Crippen molar-refractivity contribution < 1.29 is 4.74 Å². The number of aliphatic imine (C=N–C) groups is 1. The molecule has 30 heavy (non-hydrogen) atoms. The van der Waals surface area contributed by atoms with E-state index in [4.69, 9.17) is 4.74 Å². The maximum absolute atomic E-state index is 6.16. The van der Waals surface area contributed by atoms with Gasteiger partial charge in [0.1, 0.15) is 0 Å². The quantitative estimate of drug-likeness (QED) is 0.381. The molecule has 0 aliphatic carbocycles. The topological polar surface area (TPSA) is 48.9 Å². The predicted octanol–water partition coefficient (Wildman–Crippen LogP) is 4.14. The summed E-state index contributed by atoms with van der Waals surface area (Å²) in [6, 6.07) is 8.80. The van der Waals surface area contributed by atoms with E-state index in [1.807, 2.05) is 7.05 Å². The van der Waals surface area contributed by atoms with Crippen molar-refractivity contribution in [1.82, 2.24) is 15.5 Å². The second-order valence-electron chi connectivity index (χ2n) is 9.24. The largest absolute Gasteiger partial charge is 0.373 e. The molecular weight excluding hydrogens is 372 g/mol. The van der Waals surface area contributed by atoms with Gasteiger partial charge in [0.15, 0.2) is 5.96 Å². The standard InChI is InChI=1S/C25H42N4O/c1-20-10-12-22(13-11-20)24-23(9-7-17-30-24)18-28-25(26-3)27-14-4-5-15-29-16-6-8-21(2)19-29/h10-13,21,23-24H,4-9,14-19H2,1-3H3,(H2,26,27,28). The Morgan fingerprint density at radius 3 is 2.73 bits per heavy atom. The molecule has 2 aliphatic rings. The Morgan fingerprint density at radius 1 is 1.13 bits per heavy atom. The summed E-state index contributed by atoms with van der Waals surface area (Å²) in [5, 5.41) is 7.04. The average Bonchev–Trinajstić information content (AvgIpc) is 2.76. The van der Waals surface area contributed by atoms with Gasteiger partial charge < -0.3 is 20.3 Å². The molecule has 1 aromatic carbocycles. The summed E-state index contributed by atoms with van der Waals surface area (Å²) in [4.78, 5) is 7.06. The lowest BCUT2D eigenvalue weighted by molar-refractivity contribution is -0.0265. The molecule has 2 aliphatic heterocycles. The predicted molar refractivity (Wildman–Crippen MR) is 126 cm³/mol. The number of rotatable bonds is 8. The molecule has 1 aromatic rings. The second-order valence-corrected chi connectivity index (χ2v) is 9.24. The fourth-order valence-electron chi connectivity index (χ4n) is 4.78. The van der Waals surface area contributed by atoms with Gasteiger partial charge in [-0.3, -0.25) is 4.99 Å². The van der Waals surface area contributed by atoms with E-state index >= 15 is 0 Å². The molecule has 5 heteroatoms. The number of guanidine groups is 1. The molecular formula is C25H42N4O. The van der Waals surface area contributed by atoms with Crippen LogP contribution in [-0.4, -0.2) is 57.2 Å². The molecule has 3 unspecified atom stereocenters. The highest BCUT2D eigenvalue weighted by molar-refractivity contribution is 5.79. The minimum absolute atomic E-state index is 0.178. The maximum Gasteiger partial charge on any atom is 0.190 e. The first-order chi connectivity index (χ1) is 14.7. The molecule has 0 aromatic heterocycles. The minimum Gasteiger partial charge on any atom is -0.373 e. The number of nitrogens with one attached hydrogen (secondary N) is 2. The average molecular weight is 415 g/mol. The van der Waals surface area contributed by atoms with Crippen molar-refractivity contribution in [2.45, 2.75) is 58.5 Å². The third-order valence-electron chi connectivity index (χ3n) is 6.54. The Balaban J connectivity index is 1.37. The Hall–Kier alpha value is -1.59. The van der Waals surface area contributed by atoms with Crippen molar-refractivity contribution in [2.75, 3.05) is 46.4 Å². The van der Waals surface area contributed by atoms with E-state index in [0.717, 1.165) is 38.0 Å². The molecule has 0 saturated carbocycles. The minimum atomic E-state index is 0.178. The lowest BCUT2D eigenvalue weighted by atomic mass is 9.89. The molecule has 5 nitrogen and oxygen atoms in total. The fraction of sp³-hybridized carbons (Fsp3) is 0.720. The normalized spacial score (nSPS) is 25.8. The molecule has 0 radical (unpaired) electrons. The van der Waals surface area contributed by atoms with Crippen molar-refractivity contribution in [2.24, 2.45) is 16.8 Å². The van der Waals surface area contributed by atoms with Crippen molar-refractivity contribution in [3.05, 3.63) is 35.4 Å². The third kappa shape index (κ3) is 7.28. The zero-order valence-electron chi connectivity index (χ0n) is 19.3. The van der Waals surface area contributed by atoms with Crippen LogP contribution in [0.2, 0.25) is 0 Å². The van der Waals surface area contributed by atoms with Crippen molar-refractivity contribution in [1.29, 1.82) is 0 Å². The SMILES string of the molecule is CN=C(NCCCCN1CCCC(C)C1)NCC1CCCOC1c1ccc(C)cc1. The molecule has 2 N–H and O–H groups in total. The van der Waals surface area contributed by atoms with Crippen LogP contribution in [0.1, 0.15) is 62.7 Å². The summed E-state index contributed by atoms with van der Waals surface area (Å²) in [7, 11) is 1.86. The van der Waals surface area contributed by atoms with Gasteiger partial charge in [0.25, 0.3) is 0 Å². The van der Waals surface area contributed by atoms with Crippen molar-refractivity contribution in [3.8, 4) is 0 Å². The Morgan fingerprint density at radius 2 is 1.97 bits per heavy atom. The first kappa shape index (κ1) is 23.1. The van der Waals surface area contributed by atoms with Crippen LogP contribution < -0.4 is 10.6 Å². The van der Waals surface area contributed by atoms with Crippen LogP contribution in [0.3, 0.4) is 0 Å². The van der Waals surface area contributed by atoms with Gasteiger partial charge in [-0.2, -0.15) is 0 Å². The first-order valence-corrected chi connectivity index (χ1v) is 12.0. The molecule has 0 bridgehead atoms. The van der Waals surface area contributed by atoms with E-state index in [0.29, 0.717) is 5.92 Å². The van der Waals surface area contributed by atoms with E-state index in [-0.39, 0.29) is 6.10 Å². The van der Waals surface area contributed by atoms with Crippen LogP contribution >= 0.6 is 0 Å². The van der Waals surface area contributed by atoms with Gasteiger partial charge in [0, 0.05) is 39.2 Å². The number of ether oxygens (including phenoxy) is 1. The van der Waals surface area contributed by atoms with E-state index < -0.39 is 0 Å². The summed E-state index contributed by atoms with van der Waals surface area (Å²) in [6.45, 7) is 11.0. The van der Waals surface area contributed by atoms with Gasteiger partial charge in [0.05, 0.1) is 6.10 Å². The Kier molecular flexibility index (Phi) is 9.47. The number of unbranched alkanes of at least 4 members (excludes halogenated alkanes) is 1. The van der Waals surface area contributed by atoms with Crippen LogP contribution in [0.5, 0.6) is 0 Å². The number of benzene rings is 1. The van der Waals surface area contributed by atoms with Crippen LogP contribution in [-0.2, 0) is 4.74 Å². The monoisotopic (exact) mass is 414 g/mol. The molecule has 168 valence electrons. The summed E-state index contributed by atoms with van der Waals surface area (Å²) >= 11 is 0. The zero-order valence-corrected chi connectivity index (χ0v) is 19.3. The lowest BCUT2D eigenvalue weighted by Crippen LogP contribution is -2.42. The summed E-state index contributed by atoms with van der Waals surface area (Å²) < 4.78 is 6.16. The van der Waals surface area contributed by atoms with Gasteiger partial charge in [-0.25, -0.2) is 0 Å². The number of aryl methyl sites for hydroxylation is 1. The van der Waals surface area contributed by atoms with E-state index in [1.165, 1.54) is 62.9 Å². The highest BCUT2D eigenvalue weighted by Crippen LogP contribution is 2.33. The number of nitrogens with zero attached hydrogens (tertiary/aromatic N) is 2. The molecule has 2 heterocycles. The molecule has 0 amide bonds. The van der Waals surface area contributed by atoms with E-state index in [9.17, 15) is 0 Å². The van der Waals surface area contributed by atoms with Gasteiger partial charge in [-0.15, -0.1) is 0 Å². The Bertz CT molecular complexity index is 645. The highest BCUT2D eigenvalue weighted by atomic mass is 16.5. The molecule has 0 spiro atoms. The van der Waals surface area contributed by atoms with Gasteiger partial charge in [0.2, 0.25) is 0 Å². The van der Waals surface area contributed by atoms with Gasteiger partial charge >= 0.3 is 0 Å². The van der Waals surface area contributed by atoms with Crippen molar-refractivity contribution >= 4 is 5.96 Å².